The molecule has 0 aromatic heterocycles. The molecule has 0 unspecified atom stereocenters. The van der Waals surface area contributed by atoms with Gasteiger partial charge in [0.2, 0.25) is 10.0 Å². The predicted molar refractivity (Wildman–Crippen MR) is 82.8 cm³/mol. The summed E-state index contributed by atoms with van der Waals surface area (Å²) in [5.74, 6) is -0.0597. The molecule has 1 saturated heterocycles. The molecule has 1 aliphatic rings. The maximum atomic E-state index is 12.7. The van der Waals surface area contributed by atoms with E-state index in [0.29, 0.717) is 18.7 Å². The summed E-state index contributed by atoms with van der Waals surface area (Å²) in [6.07, 6.45) is 2.80. The van der Waals surface area contributed by atoms with Gasteiger partial charge in [-0.05, 0) is 43.7 Å². The molecule has 0 amide bonds. The number of sulfonamides is 1. The van der Waals surface area contributed by atoms with Gasteiger partial charge in [-0.1, -0.05) is 26.0 Å². The van der Waals surface area contributed by atoms with Crippen molar-refractivity contribution in [3.63, 3.8) is 0 Å². The van der Waals surface area contributed by atoms with E-state index in [9.17, 15) is 13.2 Å². The highest BCUT2D eigenvalue weighted by molar-refractivity contribution is 7.89. The minimum Gasteiger partial charge on any atom is -0.295 e. The summed E-state index contributed by atoms with van der Waals surface area (Å²) in [6.45, 7) is 6.97. The van der Waals surface area contributed by atoms with E-state index >= 15 is 0 Å². The molecule has 0 radical (unpaired) electrons. The largest absolute Gasteiger partial charge is 0.295 e. The lowest BCUT2D eigenvalue weighted by Gasteiger charge is -2.23. The third kappa shape index (κ3) is 3.71. The van der Waals surface area contributed by atoms with E-state index in [1.807, 2.05) is 0 Å². The Balaban J connectivity index is 2.23. The van der Waals surface area contributed by atoms with Gasteiger partial charge in [-0.25, -0.2) is 8.42 Å². The van der Waals surface area contributed by atoms with Crippen LogP contribution in [0.15, 0.2) is 29.2 Å². The summed E-state index contributed by atoms with van der Waals surface area (Å²) in [5.41, 5.74) is 0.730. The number of benzene rings is 1. The van der Waals surface area contributed by atoms with Gasteiger partial charge in [0, 0.05) is 18.7 Å². The highest BCUT2D eigenvalue weighted by atomic mass is 32.2. The van der Waals surface area contributed by atoms with Crippen LogP contribution in [0.4, 0.5) is 0 Å². The molecule has 0 spiro atoms. The summed E-state index contributed by atoms with van der Waals surface area (Å²) < 4.78 is 26.9. The van der Waals surface area contributed by atoms with Crippen molar-refractivity contribution in [3.05, 3.63) is 29.8 Å². The Labute approximate surface area is 127 Å². The molecule has 116 valence electrons. The third-order valence-corrected chi connectivity index (χ3v) is 6.11. The second-order valence-corrected chi connectivity index (χ2v) is 8.44. The Kier molecular flexibility index (Phi) is 4.54. The molecule has 4 nitrogen and oxygen atoms in total. The molecule has 0 atom stereocenters. The number of carbonyl (C=O) groups is 1. The van der Waals surface area contributed by atoms with Crippen LogP contribution in [0.5, 0.6) is 0 Å². The maximum Gasteiger partial charge on any atom is 0.243 e. The molecular weight excluding hydrogens is 286 g/mol. The van der Waals surface area contributed by atoms with Crippen molar-refractivity contribution in [2.75, 3.05) is 13.1 Å². The number of carbonyl (C=O) groups excluding carboxylic acids is 1. The Morgan fingerprint density at radius 1 is 1.10 bits per heavy atom. The van der Waals surface area contributed by atoms with Gasteiger partial charge in [0.05, 0.1) is 4.90 Å². The number of rotatable bonds is 3. The highest BCUT2D eigenvalue weighted by Gasteiger charge is 2.30. The van der Waals surface area contributed by atoms with Crippen molar-refractivity contribution in [2.24, 2.45) is 5.41 Å². The molecule has 21 heavy (non-hydrogen) atoms. The third-order valence-electron chi connectivity index (χ3n) is 4.20. The smallest absolute Gasteiger partial charge is 0.243 e. The molecular formula is C16H23NO3S. The Morgan fingerprint density at radius 3 is 2.29 bits per heavy atom. The molecule has 1 aromatic rings. The van der Waals surface area contributed by atoms with Crippen LogP contribution in [-0.2, 0) is 10.0 Å². The zero-order valence-electron chi connectivity index (χ0n) is 12.9. The van der Waals surface area contributed by atoms with Gasteiger partial charge in [-0.3, -0.25) is 4.79 Å². The summed E-state index contributed by atoms with van der Waals surface area (Å²) >= 11 is 0. The van der Waals surface area contributed by atoms with Crippen molar-refractivity contribution < 1.29 is 13.2 Å². The molecule has 0 saturated carbocycles. The van der Waals surface area contributed by atoms with E-state index in [1.165, 1.54) is 19.1 Å². The topological polar surface area (TPSA) is 54.5 Å². The van der Waals surface area contributed by atoms with Gasteiger partial charge in [0.25, 0.3) is 0 Å². The van der Waals surface area contributed by atoms with Gasteiger partial charge in [0.15, 0.2) is 5.78 Å². The Morgan fingerprint density at radius 2 is 1.71 bits per heavy atom. The SMILES string of the molecule is CC(=O)c1ccc(S(=O)(=O)N2CCCC(C)(C)CC2)cc1. The molecule has 1 aliphatic heterocycles. The van der Waals surface area contributed by atoms with Gasteiger partial charge < -0.3 is 0 Å². The van der Waals surface area contributed by atoms with E-state index in [0.717, 1.165) is 19.3 Å². The van der Waals surface area contributed by atoms with E-state index in [4.69, 9.17) is 0 Å². The van der Waals surface area contributed by atoms with E-state index in [-0.39, 0.29) is 16.1 Å². The first-order valence-electron chi connectivity index (χ1n) is 7.34. The molecule has 5 heteroatoms. The van der Waals surface area contributed by atoms with Crippen LogP contribution in [0.1, 0.15) is 50.4 Å². The quantitative estimate of drug-likeness (QED) is 0.806. The normalized spacial score (nSPS) is 20.0. The van der Waals surface area contributed by atoms with Crippen LogP contribution in [-0.4, -0.2) is 31.6 Å². The summed E-state index contributed by atoms with van der Waals surface area (Å²) in [7, 11) is -3.46. The summed E-state index contributed by atoms with van der Waals surface area (Å²) in [4.78, 5) is 11.5. The maximum absolute atomic E-state index is 12.7. The number of ketones is 1. The molecule has 1 fully saturated rings. The zero-order valence-corrected chi connectivity index (χ0v) is 13.7. The number of hydrogen-bond acceptors (Lipinski definition) is 3. The number of Topliss-reactive ketones (excluding diaryl/α,β-unsaturated/α-hetero) is 1. The van der Waals surface area contributed by atoms with Gasteiger partial charge in [-0.2, -0.15) is 4.31 Å². The molecule has 0 bridgehead atoms. The molecule has 0 N–H and O–H groups in total. The second-order valence-electron chi connectivity index (χ2n) is 6.50. The Hall–Kier alpha value is -1.20. The predicted octanol–water partition coefficient (Wildman–Crippen LogP) is 3.09. The van der Waals surface area contributed by atoms with E-state index < -0.39 is 10.0 Å². The standard InChI is InChI=1S/C16H23NO3S/c1-13(18)14-5-7-15(8-6-14)21(19,20)17-11-4-9-16(2,3)10-12-17/h5-8H,4,9-12H2,1-3H3. The number of nitrogens with zero attached hydrogens (tertiary/aromatic N) is 1. The first-order chi connectivity index (χ1) is 9.72. The molecule has 1 aromatic carbocycles. The van der Waals surface area contributed by atoms with Gasteiger partial charge >= 0.3 is 0 Å². The summed E-state index contributed by atoms with van der Waals surface area (Å²) in [6, 6.07) is 6.22. The van der Waals surface area contributed by atoms with Gasteiger partial charge in [-0.15, -0.1) is 0 Å². The second kappa shape index (κ2) is 5.89. The van der Waals surface area contributed by atoms with Crippen LogP contribution in [0.3, 0.4) is 0 Å². The highest BCUT2D eigenvalue weighted by Crippen LogP contribution is 2.31. The first-order valence-corrected chi connectivity index (χ1v) is 8.78. The fourth-order valence-corrected chi connectivity index (χ4v) is 4.13. The van der Waals surface area contributed by atoms with Crippen LogP contribution >= 0.6 is 0 Å². The van der Waals surface area contributed by atoms with E-state index in [2.05, 4.69) is 13.8 Å². The summed E-state index contributed by atoms with van der Waals surface area (Å²) in [5, 5.41) is 0. The average Bonchev–Trinajstić information content (AvgIpc) is 2.60. The lowest BCUT2D eigenvalue weighted by Crippen LogP contribution is -2.32. The Bertz CT molecular complexity index is 617. The molecule has 1 heterocycles. The van der Waals surface area contributed by atoms with Crippen molar-refractivity contribution in [2.45, 2.75) is 44.9 Å². The minimum atomic E-state index is -3.46. The van der Waals surface area contributed by atoms with Crippen LogP contribution in [0.2, 0.25) is 0 Å². The van der Waals surface area contributed by atoms with Crippen LogP contribution in [0, 0.1) is 5.41 Å². The van der Waals surface area contributed by atoms with E-state index in [1.54, 1.807) is 16.4 Å². The minimum absolute atomic E-state index is 0.0597. The lowest BCUT2D eigenvalue weighted by atomic mass is 9.85. The average molecular weight is 309 g/mol. The van der Waals surface area contributed by atoms with Crippen LogP contribution < -0.4 is 0 Å². The van der Waals surface area contributed by atoms with Crippen molar-refractivity contribution >= 4 is 15.8 Å². The van der Waals surface area contributed by atoms with Crippen molar-refractivity contribution in [3.8, 4) is 0 Å². The monoisotopic (exact) mass is 309 g/mol. The van der Waals surface area contributed by atoms with Crippen LogP contribution in [0.25, 0.3) is 0 Å². The molecule has 2 rings (SSSR count). The number of hydrogen-bond donors (Lipinski definition) is 0. The van der Waals surface area contributed by atoms with Crippen molar-refractivity contribution in [1.82, 2.24) is 4.31 Å². The lowest BCUT2D eigenvalue weighted by molar-refractivity contribution is 0.101. The first kappa shape index (κ1) is 16.2. The van der Waals surface area contributed by atoms with Gasteiger partial charge in [0.1, 0.15) is 0 Å². The fraction of sp³-hybridized carbons (Fsp3) is 0.562. The zero-order chi connectivity index (χ0) is 15.7. The fourth-order valence-electron chi connectivity index (χ4n) is 2.65. The molecule has 0 aliphatic carbocycles. The van der Waals surface area contributed by atoms with Crippen molar-refractivity contribution in [1.29, 1.82) is 0 Å².